The summed E-state index contributed by atoms with van der Waals surface area (Å²) in [5, 5.41) is 12.6. The van der Waals surface area contributed by atoms with Crippen LogP contribution in [-0.4, -0.2) is 60.6 Å². The van der Waals surface area contributed by atoms with Crippen LogP contribution >= 0.6 is 0 Å². The van der Waals surface area contributed by atoms with Crippen molar-refractivity contribution in [1.29, 1.82) is 0 Å². The van der Waals surface area contributed by atoms with Gasteiger partial charge in [0, 0.05) is 38.3 Å². The van der Waals surface area contributed by atoms with Crippen LogP contribution in [0, 0.1) is 0 Å². The molecule has 1 fully saturated rings. The Kier molecular flexibility index (Phi) is 6.16. The minimum absolute atomic E-state index is 0.0472. The van der Waals surface area contributed by atoms with Crippen LogP contribution in [0.3, 0.4) is 0 Å². The monoisotopic (exact) mass is 375 g/mol. The number of piperazine rings is 1. The molecule has 2 aliphatic rings. The van der Waals surface area contributed by atoms with E-state index in [0.717, 1.165) is 37.2 Å². The fraction of sp³-hybridized carbons (Fsp3) is 0.526. The molecule has 0 saturated carbocycles. The summed E-state index contributed by atoms with van der Waals surface area (Å²) in [6.07, 6.45) is 1.59. The molecule has 27 heavy (non-hydrogen) atoms. The summed E-state index contributed by atoms with van der Waals surface area (Å²) < 4.78 is 5.26. The number of nitrogens with zero attached hydrogens (tertiary/aromatic N) is 3. The number of hydrogen-bond acceptors (Lipinski definition) is 6. The second-order valence-electron chi connectivity index (χ2n) is 6.67. The van der Waals surface area contributed by atoms with Crippen LogP contribution < -0.4 is 4.90 Å². The number of rotatable bonds is 6. The zero-order chi connectivity index (χ0) is 19.2. The number of hydrogen-bond donors (Lipinski definition) is 1. The molecule has 2 aliphatic heterocycles. The molecule has 1 atom stereocenters. The lowest BCUT2D eigenvalue weighted by Crippen LogP contribution is -2.49. The van der Waals surface area contributed by atoms with Crippen LogP contribution in [-0.2, 0) is 14.4 Å². The van der Waals surface area contributed by atoms with Crippen LogP contribution in [0.15, 0.2) is 29.4 Å². The molecule has 0 bridgehead atoms. The van der Waals surface area contributed by atoms with E-state index >= 15 is 0 Å². The van der Waals surface area contributed by atoms with E-state index in [1.165, 1.54) is 0 Å². The molecule has 2 heterocycles. The van der Waals surface area contributed by atoms with E-state index in [-0.39, 0.29) is 24.3 Å². The highest BCUT2D eigenvalue weighted by Crippen LogP contribution is 2.29. The molecule has 0 aliphatic carbocycles. The molecule has 8 nitrogen and oxygen atoms in total. The van der Waals surface area contributed by atoms with Gasteiger partial charge in [-0.15, -0.1) is 0 Å². The molecular formula is C19H25N3O5. The van der Waals surface area contributed by atoms with E-state index in [9.17, 15) is 9.59 Å². The first-order valence-electron chi connectivity index (χ1n) is 9.31. The second kappa shape index (κ2) is 8.75. The smallest absolute Gasteiger partial charge is 0.409 e. The van der Waals surface area contributed by atoms with Crippen molar-refractivity contribution < 1.29 is 24.3 Å². The van der Waals surface area contributed by atoms with E-state index in [1.807, 2.05) is 24.3 Å². The first kappa shape index (κ1) is 19.0. The Labute approximate surface area is 158 Å². The molecule has 0 aromatic heterocycles. The largest absolute Gasteiger partial charge is 0.477 e. The Morgan fingerprint density at radius 3 is 2.52 bits per heavy atom. The highest BCUT2D eigenvalue weighted by molar-refractivity contribution is 6.35. The Hall–Kier alpha value is -2.77. The molecular weight excluding hydrogens is 350 g/mol. The number of anilines is 1. The summed E-state index contributed by atoms with van der Waals surface area (Å²) in [5.41, 5.74) is 2.01. The average molecular weight is 375 g/mol. The number of benzene rings is 1. The summed E-state index contributed by atoms with van der Waals surface area (Å²) in [4.78, 5) is 32.1. The van der Waals surface area contributed by atoms with E-state index in [2.05, 4.69) is 17.0 Å². The lowest BCUT2D eigenvalue weighted by Gasteiger charge is -2.35. The number of unbranched alkanes of at least 4 members (excludes halogenated alkanes) is 1. The molecule has 1 unspecified atom stereocenters. The number of carbonyl (C=O) groups excluding carboxylic acids is 1. The quantitative estimate of drug-likeness (QED) is 0.769. The molecule has 8 heteroatoms. The summed E-state index contributed by atoms with van der Waals surface area (Å²) in [5.74, 6) is -1.04. The number of ether oxygens (including phenoxy) is 1. The molecule has 1 N–H and O–H groups in total. The van der Waals surface area contributed by atoms with Crippen LogP contribution in [0.1, 0.15) is 37.9 Å². The van der Waals surface area contributed by atoms with Crippen LogP contribution in [0.5, 0.6) is 0 Å². The zero-order valence-corrected chi connectivity index (χ0v) is 15.5. The van der Waals surface area contributed by atoms with Gasteiger partial charge >= 0.3 is 12.1 Å². The number of carboxylic acid groups (broad SMARTS) is 1. The van der Waals surface area contributed by atoms with E-state index in [1.54, 1.807) is 4.90 Å². The fourth-order valence-electron chi connectivity index (χ4n) is 3.12. The minimum atomic E-state index is -1.04. The maximum absolute atomic E-state index is 12.0. The zero-order valence-electron chi connectivity index (χ0n) is 15.5. The van der Waals surface area contributed by atoms with Gasteiger partial charge in [0.05, 0.1) is 6.61 Å². The third-order valence-electron chi connectivity index (χ3n) is 4.81. The first-order valence-corrected chi connectivity index (χ1v) is 9.31. The molecule has 3 rings (SSSR count). The topological polar surface area (TPSA) is 91.7 Å². The first-order chi connectivity index (χ1) is 13.1. The van der Waals surface area contributed by atoms with Gasteiger partial charge < -0.3 is 24.5 Å². The van der Waals surface area contributed by atoms with Crippen molar-refractivity contribution in [2.24, 2.45) is 5.16 Å². The predicted molar refractivity (Wildman–Crippen MR) is 100.0 cm³/mol. The van der Waals surface area contributed by atoms with E-state index < -0.39 is 5.97 Å². The maximum Gasteiger partial charge on any atom is 0.409 e. The third-order valence-corrected chi connectivity index (χ3v) is 4.81. The van der Waals surface area contributed by atoms with Crippen molar-refractivity contribution in [2.75, 3.05) is 37.7 Å². The van der Waals surface area contributed by atoms with E-state index in [0.29, 0.717) is 19.7 Å². The SMILES string of the molecule is CCCCOC(=O)N1CCN(c2ccc(C3CC(C(=O)O)=NO3)cc2)CC1. The van der Waals surface area contributed by atoms with Gasteiger partial charge in [0.25, 0.3) is 0 Å². The summed E-state index contributed by atoms with van der Waals surface area (Å²) in [7, 11) is 0. The van der Waals surface area contributed by atoms with Crippen LogP contribution in [0.4, 0.5) is 10.5 Å². The second-order valence-corrected chi connectivity index (χ2v) is 6.67. The number of carbonyl (C=O) groups is 2. The van der Waals surface area contributed by atoms with Gasteiger partial charge in [-0.2, -0.15) is 0 Å². The Morgan fingerprint density at radius 2 is 1.93 bits per heavy atom. The highest BCUT2D eigenvalue weighted by atomic mass is 16.6. The normalized spacial score (nSPS) is 19.4. The third kappa shape index (κ3) is 4.69. The Morgan fingerprint density at radius 1 is 1.22 bits per heavy atom. The van der Waals surface area contributed by atoms with Crippen molar-refractivity contribution >= 4 is 23.5 Å². The number of carboxylic acids is 1. The Bertz CT molecular complexity index is 696. The molecule has 1 saturated heterocycles. The lowest BCUT2D eigenvalue weighted by atomic mass is 10.0. The number of oxime groups is 1. The average Bonchev–Trinajstić information content (AvgIpc) is 3.19. The van der Waals surface area contributed by atoms with Gasteiger partial charge in [0.2, 0.25) is 0 Å². The van der Waals surface area contributed by atoms with Gasteiger partial charge in [-0.25, -0.2) is 9.59 Å². The molecule has 1 aromatic carbocycles. The van der Waals surface area contributed by atoms with Gasteiger partial charge in [0.15, 0.2) is 11.8 Å². The van der Waals surface area contributed by atoms with Gasteiger partial charge in [-0.1, -0.05) is 30.6 Å². The van der Waals surface area contributed by atoms with Gasteiger partial charge in [-0.05, 0) is 24.1 Å². The molecule has 0 spiro atoms. The predicted octanol–water partition coefficient (Wildman–Crippen LogP) is 2.65. The van der Waals surface area contributed by atoms with E-state index in [4.69, 9.17) is 14.7 Å². The summed E-state index contributed by atoms with van der Waals surface area (Å²) in [6.45, 7) is 5.30. The lowest BCUT2D eigenvalue weighted by molar-refractivity contribution is -0.129. The van der Waals surface area contributed by atoms with Gasteiger partial charge in [-0.3, -0.25) is 0 Å². The minimum Gasteiger partial charge on any atom is -0.477 e. The number of amides is 1. The number of aliphatic carboxylic acids is 1. The van der Waals surface area contributed by atoms with Crippen molar-refractivity contribution in [3.63, 3.8) is 0 Å². The maximum atomic E-state index is 12.0. The fourth-order valence-corrected chi connectivity index (χ4v) is 3.12. The highest BCUT2D eigenvalue weighted by Gasteiger charge is 2.27. The summed E-state index contributed by atoms with van der Waals surface area (Å²) in [6, 6.07) is 7.86. The summed E-state index contributed by atoms with van der Waals surface area (Å²) >= 11 is 0. The molecule has 1 aromatic rings. The standard InChI is InChI=1S/C19H25N3O5/c1-2-3-12-26-19(25)22-10-8-21(9-11-22)15-6-4-14(5-7-15)17-13-16(18(23)24)20-27-17/h4-7,17H,2-3,8-13H2,1H3,(H,23,24). The van der Waals surface area contributed by atoms with Crippen molar-refractivity contribution in [3.8, 4) is 0 Å². The Balaban J connectivity index is 1.49. The van der Waals surface area contributed by atoms with Crippen molar-refractivity contribution in [1.82, 2.24) is 4.90 Å². The van der Waals surface area contributed by atoms with Crippen molar-refractivity contribution in [3.05, 3.63) is 29.8 Å². The van der Waals surface area contributed by atoms with Crippen LogP contribution in [0.2, 0.25) is 0 Å². The molecule has 146 valence electrons. The van der Waals surface area contributed by atoms with Gasteiger partial charge in [0.1, 0.15) is 0 Å². The molecule has 0 radical (unpaired) electrons. The van der Waals surface area contributed by atoms with Crippen molar-refractivity contribution in [2.45, 2.75) is 32.3 Å². The van der Waals surface area contributed by atoms with Crippen LogP contribution in [0.25, 0.3) is 0 Å². The molecule has 1 amide bonds.